The number of rotatable bonds is 5. The van der Waals surface area contributed by atoms with Gasteiger partial charge in [-0.1, -0.05) is 0 Å². The number of sulfonamides is 1. The van der Waals surface area contributed by atoms with Gasteiger partial charge in [-0.3, -0.25) is 9.52 Å². The molecule has 4 rings (SSSR count). The van der Waals surface area contributed by atoms with Gasteiger partial charge in [0.15, 0.2) is 0 Å². The van der Waals surface area contributed by atoms with Crippen LogP contribution in [-0.2, 0) is 10.0 Å². The molecular weight excluding hydrogens is 451 g/mol. The first-order valence-corrected chi connectivity index (χ1v) is 11.9. The van der Waals surface area contributed by atoms with E-state index in [9.17, 15) is 17.6 Å². The molecule has 0 unspecified atom stereocenters. The lowest BCUT2D eigenvalue weighted by atomic mass is 10.1. The van der Waals surface area contributed by atoms with Crippen molar-refractivity contribution in [3.8, 4) is 0 Å². The van der Waals surface area contributed by atoms with Crippen LogP contribution in [0.3, 0.4) is 0 Å². The summed E-state index contributed by atoms with van der Waals surface area (Å²) >= 11 is 1.31. The average molecular weight is 471 g/mol. The van der Waals surface area contributed by atoms with Crippen molar-refractivity contribution in [2.45, 2.75) is 25.7 Å². The van der Waals surface area contributed by atoms with Crippen LogP contribution in [0, 0.1) is 26.6 Å². The number of amides is 1. The van der Waals surface area contributed by atoms with E-state index in [1.807, 2.05) is 20.8 Å². The lowest BCUT2D eigenvalue weighted by Gasteiger charge is -2.09. The largest absolute Gasteiger partial charge is 0.321 e. The Morgan fingerprint density at radius 2 is 1.56 bits per heavy atom. The van der Waals surface area contributed by atoms with Gasteiger partial charge in [0, 0.05) is 22.5 Å². The van der Waals surface area contributed by atoms with Gasteiger partial charge in [0.25, 0.3) is 15.9 Å². The Kier molecular flexibility index (Phi) is 5.66. The molecule has 2 N–H and O–H groups in total. The Morgan fingerprint density at radius 1 is 0.938 bits per heavy atom. The smallest absolute Gasteiger partial charge is 0.266 e. The molecule has 2 aromatic heterocycles. The molecule has 0 atom stereocenters. The maximum Gasteiger partial charge on any atom is 0.266 e. The van der Waals surface area contributed by atoms with E-state index in [2.05, 4.69) is 20.0 Å². The molecule has 0 aliphatic rings. The Bertz CT molecular complexity index is 1430. The second-order valence-corrected chi connectivity index (χ2v) is 9.86. The van der Waals surface area contributed by atoms with E-state index in [1.165, 1.54) is 35.6 Å². The molecule has 32 heavy (non-hydrogen) atoms. The van der Waals surface area contributed by atoms with Crippen LogP contribution < -0.4 is 10.0 Å². The van der Waals surface area contributed by atoms with E-state index in [1.54, 1.807) is 12.1 Å². The summed E-state index contributed by atoms with van der Waals surface area (Å²) in [6, 6.07) is 10.8. The predicted molar refractivity (Wildman–Crippen MR) is 123 cm³/mol. The molecule has 0 aliphatic carbocycles. The molecule has 0 saturated heterocycles. The molecule has 10 heteroatoms. The van der Waals surface area contributed by atoms with Crippen molar-refractivity contribution >= 4 is 48.9 Å². The van der Waals surface area contributed by atoms with Gasteiger partial charge >= 0.3 is 0 Å². The number of anilines is 2. The van der Waals surface area contributed by atoms with Crippen LogP contribution in [-0.4, -0.2) is 24.3 Å². The van der Waals surface area contributed by atoms with E-state index in [0.717, 1.165) is 33.6 Å². The van der Waals surface area contributed by atoms with Gasteiger partial charge in [-0.15, -0.1) is 11.3 Å². The monoisotopic (exact) mass is 470 g/mol. The number of aryl methyl sites for hydroxylation is 3. The lowest BCUT2D eigenvalue weighted by molar-refractivity contribution is 0.103. The Labute approximate surface area is 188 Å². The van der Waals surface area contributed by atoms with Crippen molar-refractivity contribution < 1.29 is 17.6 Å². The van der Waals surface area contributed by atoms with E-state index < -0.39 is 15.8 Å². The molecule has 1 amide bonds. The van der Waals surface area contributed by atoms with E-state index in [0.29, 0.717) is 22.1 Å². The van der Waals surface area contributed by atoms with Gasteiger partial charge in [0.05, 0.1) is 9.77 Å². The highest BCUT2D eigenvalue weighted by Gasteiger charge is 2.19. The van der Waals surface area contributed by atoms with Crippen molar-refractivity contribution in [1.82, 2.24) is 9.97 Å². The molecule has 0 fully saturated rings. The predicted octanol–water partition coefficient (Wildman–Crippen LogP) is 4.81. The first-order valence-electron chi connectivity index (χ1n) is 9.58. The third-order valence-corrected chi connectivity index (χ3v) is 7.39. The van der Waals surface area contributed by atoms with Crippen molar-refractivity contribution in [1.29, 1.82) is 0 Å². The van der Waals surface area contributed by atoms with E-state index in [4.69, 9.17) is 0 Å². The summed E-state index contributed by atoms with van der Waals surface area (Å²) in [7, 11) is -3.85. The fourth-order valence-electron chi connectivity index (χ4n) is 3.33. The van der Waals surface area contributed by atoms with Crippen LogP contribution in [0.5, 0.6) is 0 Å². The molecule has 2 heterocycles. The highest BCUT2D eigenvalue weighted by atomic mass is 32.2. The minimum absolute atomic E-state index is 0.0508. The fraction of sp³-hybridized carbons (Fsp3) is 0.136. The topological polar surface area (TPSA) is 101 Å². The van der Waals surface area contributed by atoms with E-state index >= 15 is 0 Å². The molecule has 0 bridgehead atoms. The number of hydrogen-bond donors (Lipinski definition) is 2. The van der Waals surface area contributed by atoms with Crippen LogP contribution in [0.4, 0.5) is 15.8 Å². The van der Waals surface area contributed by atoms with E-state index in [-0.39, 0.29) is 10.8 Å². The summed E-state index contributed by atoms with van der Waals surface area (Å²) in [6.45, 7) is 5.57. The Balaban J connectivity index is 1.51. The summed E-state index contributed by atoms with van der Waals surface area (Å²) < 4.78 is 40.3. The minimum atomic E-state index is -3.85. The highest BCUT2D eigenvalue weighted by molar-refractivity contribution is 7.92. The van der Waals surface area contributed by atoms with Crippen LogP contribution in [0.2, 0.25) is 0 Å². The summed E-state index contributed by atoms with van der Waals surface area (Å²) in [6.07, 6.45) is 0. The number of halogens is 1. The lowest BCUT2D eigenvalue weighted by Crippen LogP contribution is -2.13. The van der Waals surface area contributed by atoms with Gasteiger partial charge in [-0.25, -0.2) is 22.8 Å². The molecule has 0 radical (unpaired) electrons. The zero-order valence-electron chi connectivity index (χ0n) is 17.4. The third-order valence-electron chi connectivity index (χ3n) is 4.81. The Hall–Kier alpha value is -3.37. The summed E-state index contributed by atoms with van der Waals surface area (Å²) in [5.41, 5.74) is 2.48. The maximum absolute atomic E-state index is 13.0. The second-order valence-electron chi connectivity index (χ2n) is 7.18. The number of fused-ring (bicyclic) bond motifs is 1. The fourth-order valence-corrected chi connectivity index (χ4v) is 5.56. The molecule has 0 saturated carbocycles. The molecule has 164 valence electrons. The molecule has 0 aliphatic heterocycles. The average Bonchev–Trinajstić information content (AvgIpc) is 3.06. The number of hydrogen-bond acceptors (Lipinski definition) is 6. The van der Waals surface area contributed by atoms with Crippen molar-refractivity contribution in [3.05, 3.63) is 76.3 Å². The molecule has 2 aromatic carbocycles. The molecular formula is C22H19FN4O3S2. The minimum Gasteiger partial charge on any atom is -0.321 e. The van der Waals surface area contributed by atoms with Crippen LogP contribution in [0.25, 0.3) is 10.2 Å². The zero-order valence-corrected chi connectivity index (χ0v) is 19.1. The summed E-state index contributed by atoms with van der Waals surface area (Å²) in [5.74, 6) is -0.140. The van der Waals surface area contributed by atoms with Crippen LogP contribution in [0.1, 0.15) is 26.8 Å². The normalized spacial score (nSPS) is 11.5. The standard InChI is InChI=1S/C22H19FN4O3S2/c1-12-19-13(2)24-14(3)25-22(19)31-20(12)21(28)26-16-6-8-17(9-7-16)27-32(29,30)18-10-4-15(23)5-11-18/h4-11,27H,1-3H3,(H,26,28). The number of thiophene rings is 1. The first-order chi connectivity index (χ1) is 15.1. The van der Waals surface area contributed by atoms with Crippen LogP contribution >= 0.6 is 11.3 Å². The number of aromatic nitrogens is 2. The molecule has 7 nitrogen and oxygen atoms in total. The first kappa shape index (κ1) is 21.8. The number of nitrogens with zero attached hydrogens (tertiary/aromatic N) is 2. The summed E-state index contributed by atoms with van der Waals surface area (Å²) in [4.78, 5) is 22.9. The van der Waals surface area contributed by atoms with Gasteiger partial charge in [0.2, 0.25) is 0 Å². The molecule has 0 spiro atoms. The quantitative estimate of drug-likeness (QED) is 0.436. The maximum atomic E-state index is 13.0. The highest BCUT2D eigenvalue weighted by Crippen LogP contribution is 2.32. The van der Waals surface area contributed by atoms with Gasteiger partial charge in [0.1, 0.15) is 16.5 Å². The third kappa shape index (κ3) is 4.32. The Morgan fingerprint density at radius 3 is 2.22 bits per heavy atom. The van der Waals surface area contributed by atoms with Gasteiger partial charge in [-0.05, 0) is 74.9 Å². The summed E-state index contributed by atoms with van der Waals surface area (Å²) in [5, 5.41) is 3.71. The van der Waals surface area contributed by atoms with Gasteiger partial charge < -0.3 is 5.32 Å². The van der Waals surface area contributed by atoms with Crippen molar-refractivity contribution in [3.63, 3.8) is 0 Å². The zero-order chi connectivity index (χ0) is 23.0. The van der Waals surface area contributed by atoms with Crippen molar-refractivity contribution in [2.75, 3.05) is 10.0 Å². The number of nitrogens with one attached hydrogen (secondary N) is 2. The van der Waals surface area contributed by atoms with Gasteiger partial charge in [-0.2, -0.15) is 0 Å². The number of benzene rings is 2. The van der Waals surface area contributed by atoms with Crippen LogP contribution in [0.15, 0.2) is 53.4 Å². The number of carbonyl (C=O) groups is 1. The van der Waals surface area contributed by atoms with Crippen molar-refractivity contribution in [2.24, 2.45) is 0 Å². The SMILES string of the molecule is Cc1nc(C)c2c(C)c(C(=O)Nc3ccc(NS(=O)(=O)c4ccc(F)cc4)cc3)sc2n1. The molecule has 4 aromatic rings. The number of carbonyl (C=O) groups excluding carboxylic acids is 1. The second kappa shape index (κ2) is 8.29.